The zero-order valence-corrected chi connectivity index (χ0v) is 11.6. The Hall–Kier alpha value is -2.07. The summed E-state index contributed by atoms with van der Waals surface area (Å²) in [5.74, 6) is 0.964. The van der Waals surface area contributed by atoms with Crippen molar-refractivity contribution < 1.29 is 13.9 Å². The van der Waals surface area contributed by atoms with Gasteiger partial charge in [-0.05, 0) is 43.7 Å². The maximum absolute atomic E-state index is 13.9. The van der Waals surface area contributed by atoms with Crippen LogP contribution >= 0.6 is 0 Å². The molecular formula is C16H18FNO2. The Morgan fingerprint density at radius 3 is 2.55 bits per heavy atom. The zero-order valence-electron chi connectivity index (χ0n) is 11.6. The first-order chi connectivity index (χ1) is 9.60. The maximum atomic E-state index is 13.9. The van der Waals surface area contributed by atoms with Gasteiger partial charge in [0.2, 0.25) is 0 Å². The van der Waals surface area contributed by atoms with Gasteiger partial charge in [-0.3, -0.25) is 0 Å². The third-order valence-corrected chi connectivity index (χ3v) is 2.83. The van der Waals surface area contributed by atoms with E-state index in [1.54, 1.807) is 37.3 Å². The van der Waals surface area contributed by atoms with E-state index in [2.05, 4.69) is 0 Å². The van der Waals surface area contributed by atoms with Crippen molar-refractivity contribution in [3.8, 4) is 17.2 Å². The highest BCUT2D eigenvalue weighted by Gasteiger charge is 2.08. The highest BCUT2D eigenvalue weighted by Crippen LogP contribution is 2.28. The van der Waals surface area contributed by atoms with E-state index >= 15 is 0 Å². The predicted molar refractivity (Wildman–Crippen MR) is 76.7 cm³/mol. The van der Waals surface area contributed by atoms with E-state index < -0.39 is 5.82 Å². The van der Waals surface area contributed by atoms with E-state index in [0.717, 1.165) is 5.56 Å². The van der Waals surface area contributed by atoms with Crippen molar-refractivity contribution in [3.63, 3.8) is 0 Å². The lowest BCUT2D eigenvalue weighted by Gasteiger charge is -2.11. The van der Waals surface area contributed by atoms with Gasteiger partial charge in [0.15, 0.2) is 11.6 Å². The van der Waals surface area contributed by atoms with Crippen LogP contribution in [-0.2, 0) is 0 Å². The molecule has 0 aliphatic rings. The minimum absolute atomic E-state index is 0.169. The zero-order chi connectivity index (χ0) is 14.5. The van der Waals surface area contributed by atoms with Crippen LogP contribution in [0.5, 0.6) is 17.2 Å². The third-order valence-electron chi connectivity index (χ3n) is 2.83. The Bertz CT molecular complexity index is 584. The minimum atomic E-state index is -0.429. The molecule has 2 aromatic rings. The summed E-state index contributed by atoms with van der Waals surface area (Å²) in [6.07, 6.45) is 0. The molecule has 0 unspecified atom stereocenters. The van der Waals surface area contributed by atoms with Crippen LogP contribution < -0.4 is 15.2 Å². The first-order valence-corrected chi connectivity index (χ1v) is 6.56. The first-order valence-electron chi connectivity index (χ1n) is 6.56. The van der Waals surface area contributed by atoms with Crippen molar-refractivity contribution in [1.29, 1.82) is 0 Å². The number of hydrogen-bond donors (Lipinski definition) is 1. The van der Waals surface area contributed by atoms with Gasteiger partial charge in [0, 0.05) is 12.1 Å². The lowest BCUT2D eigenvalue weighted by atomic mass is 10.1. The van der Waals surface area contributed by atoms with Crippen LogP contribution in [0.25, 0.3) is 0 Å². The van der Waals surface area contributed by atoms with E-state index in [0.29, 0.717) is 18.1 Å². The first kappa shape index (κ1) is 14.3. The summed E-state index contributed by atoms with van der Waals surface area (Å²) in [5.41, 5.74) is 6.45. The standard InChI is InChI=1S/C16H18FNO2/c1-3-19-13-5-4-6-14(10-13)20-16-8-7-12(11(2)18)9-15(16)17/h4-11H,3,18H2,1-2H3/t11-/m0/s1. The highest BCUT2D eigenvalue weighted by atomic mass is 19.1. The molecule has 0 amide bonds. The van der Waals surface area contributed by atoms with Crippen LogP contribution in [0.15, 0.2) is 42.5 Å². The van der Waals surface area contributed by atoms with Crippen molar-refractivity contribution in [2.45, 2.75) is 19.9 Å². The van der Waals surface area contributed by atoms with E-state index in [4.69, 9.17) is 15.2 Å². The van der Waals surface area contributed by atoms with E-state index in [-0.39, 0.29) is 11.8 Å². The van der Waals surface area contributed by atoms with Gasteiger partial charge in [0.05, 0.1) is 6.61 Å². The largest absolute Gasteiger partial charge is 0.494 e. The van der Waals surface area contributed by atoms with Gasteiger partial charge < -0.3 is 15.2 Å². The molecule has 0 saturated carbocycles. The summed E-state index contributed by atoms with van der Waals surface area (Å²) in [5, 5.41) is 0. The molecule has 106 valence electrons. The van der Waals surface area contributed by atoms with Crippen molar-refractivity contribution in [1.82, 2.24) is 0 Å². The predicted octanol–water partition coefficient (Wildman–Crippen LogP) is 4.04. The molecular weight excluding hydrogens is 257 g/mol. The Morgan fingerprint density at radius 1 is 1.15 bits per heavy atom. The number of benzene rings is 2. The molecule has 3 nitrogen and oxygen atoms in total. The molecule has 0 bridgehead atoms. The van der Waals surface area contributed by atoms with Crippen LogP contribution in [0.4, 0.5) is 4.39 Å². The van der Waals surface area contributed by atoms with E-state index in [1.165, 1.54) is 6.07 Å². The van der Waals surface area contributed by atoms with Crippen LogP contribution in [-0.4, -0.2) is 6.61 Å². The number of nitrogens with two attached hydrogens (primary N) is 1. The van der Waals surface area contributed by atoms with Crippen molar-refractivity contribution in [3.05, 3.63) is 53.8 Å². The number of halogens is 1. The average molecular weight is 275 g/mol. The lowest BCUT2D eigenvalue weighted by Crippen LogP contribution is -2.05. The number of hydrogen-bond acceptors (Lipinski definition) is 3. The molecule has 0 spiro atoms. The number of rotatable bonds is 5. The molecule has 4 heteroatoms. The van der Waals surface area contributed by atoms with Crippen molar-refractivity contribution in [2.75, 3.05) is 6.61 Å². The third kappa shape index (κ3) is 3.48. The quantitative estimate of drug-likeness (QED) is 0.895. The van der Waals surface area contributed by atoms with Gasteiger partial charge in [-0.1, -0.05) is 12.1 Å². The smallest absolute Gasteiger partial charge is 0.166 e. The lowest BCUT2D eigenvalue weighted by molar-refractivity contribution is 0.337. The Balaban J connectivity index is 2.19. The molecule has 20 heavy (non-hydrogen) atoms. The van der Waals surface area contributed by atoms with Gasteiger partial charge in [-0.15, -0.1) is 0 Å². The summed E-state index contributed by atoms with van der Waals surface area (Å²) in [6, 6.07) is 11.6. The summed E-state index contributed by atoms with van der Waals surface area (Å²) >= 11 is 0. The molecule has 0 saturated heterocycles. The van der Waals surface area contributed by atoms with Gasteiger partial charge >= 0.3 is 0 Å². The van der Waals surface area contributed by atoms with Gasteiger partial charge in [-0.25, -0.2) is 4.39 Å². The molecule has 2 rings (SSSR count). The molecule has 0 aromatic heterocycles. The summed E-state index contributed by atoms with van der Waals surface area (Å²) < 4.78 is 24.8. The van der Waals surface area contributed by atoms with E-state index in [9.17, 15) is 4.39 Å². The fourth-order valence-electron chi connectivity index (χ4n) is 1.80. The van der Waals surface area contributed by atoms with Gasteiger partial charge in [0.25, 0.3) is 0 Å². The summed E-state index contributed by atoms with van der Waals surface area (Å²) in [4.78, 5) is 0. The van der Waals surface area contributed by atoms with Crippen LogP contribution in [0.3, 0.4) is 0 Å². The fraction of sp³-hybridized carbons (Fsp3) is 0.250. The summed E-state index contributed by atoms with van der Waals surface area (Å²) in [7, 11) is 0. The van der Waals surface area contributed by atoms with Crippen LogP contribution in [0.2, 0.25) is 0 Å². The van der Waals surface area contributed by atoms with Gasteiger partial charge in [0.1, 0.15) is 11.5 Å². The molecule has 0 heterocycles. The van der Waals surface area contributed by atoms with Crippen molar-refractivity contribution >= 4 is 0 Å². The molecule has 0 radical (unpaired) electrons. The monoisotopic (exact) mass is 275 g/mol. The second-order valence-electron chi connectivity index (χ2n) is 4.49. The second-order valence-corrected chi connectivity index (χ2v) is 4.49. The highest BCUT2D eigenvalue weighted by molar-refractivity contribution is 5.38. The van der Waals surface area contributed by atoms with Crippen LogP contribution in [0.1, 0.15) is 25.5 Å². The molecule has 0 aliphatic carbocycles. The SMILES string of the molecule is CCOc1cccc(Oc2ccc([C@H](C)N)cc2F)c1. The average Bonchev–Trinajstić information content (AvgIpc) is 2.42. The Kier molecular flexibility index (Phi) is 4.58. The molecule has 2 aromatic carbocycles. The minimum Gasteiger partial charge on any atom is -0.494 e. The summed E-state index contributed by atoms with van der Waals surface area (Å²) in [6.45, 7) is 4.28. The molecule has 0 aliphatic heterocycles. The normalized spacial score (nSPS) is 12.0. The van der Waals surface area contributed by atoms with Crippen LogP contribution in [0, 0.1) is 5.82 Å². The van der Waals surface area contributed by atoms with Gasteiger partial charge in [-0.2, -0.15) is 0 Å². The number of ether oxygens (including phenoxy) is 2. The fourth-order valence-corrected chi connectivity index (χ4v) is 1.80. The maximum Gasteiger partial charge on any atom is 0.166 e. The topological polar surface area (TPSA) is 44.5 Å². The van der Waals surface area contributed by atoms with Crippen molar-refractivity contribution in [2.24, 2.45) is 5.73 Å². The Morgan fingerprint density at radius 2 is 1.90 bits per heavy atom. The van der Waals surface area contributed by atoms with E-state index in [1.807, 2.05) is 13.0 Å². The Labute approximate surface area is 118 Å². The second kappa shape index (κ2) is 6.39. The molecule has 2 N–H and O–H groups in total. The molecule has 1 atom stereocenters. The molecule has 0 fully saturated rings.